The Balaban J connectivity index is 2.55. The molecule has 0 saturated carbocycles. The van der Waals surface area contributed by atoms with Crippen molar-refractivity contribution in [2.45, 2.75) is 6.92 Å². The van der Waals surface area contributed by atoms with Crippen LogP contribution in [0.2, 0.25) is 10.0 Å². The van der Waals surface area contributed by atoms with Gasteiger partial charge in [0.2, 0.25) is 0 Å². The molecule has 1 heterocycles. The first-order valence-corrected chi connectivity index (χ1v) is 5.63. The molecule has 2 rings (SSSR count). The van der Waals surface area contributed by atoms with E-state index in [1.807, 2.05) is 6.92 Å². The molecule has 0 bridgehead atoms. The van der Waals surface area contributed by atoms with Gasteiger partial charge in [-0.1, -0.05) is 23.2 Å². The largest absolute Gasteiger partial charge is 0.308 e. The van der Waals surface area contributed by atoms with Crippen LogP contribution < -0.4 is 11.3 Å². The Hall–Kier alpha value is -1.36. The van der Waals surface area contributed by atoms with Gasteiger partial charge >= 0.3 is 0 Å². The molecule has 3 N–H and O–H groups in total. The fourth-order valence-electron chi connectivity index (χ4n) is 1.45. The van der Waals surface area contributed by atoms with Crippen molar-refractivity contribution in [2.75, 3.05) is 5.43 Å². The van der Waals surface area contributed by atoms with Gasteiger partial charge in [-0.3, -0.25) is 0 Å². The average Bonchev–Trinajstić information content (AvgIpc) is 2.26. The number of rotatable bonds is 2. The minimum absolute atomic E-state index is 0.530. The normalized spacial score (nSPS) is 10.4. The van der Waals surface area contributed by atoms with Crippen LogP contribution in [0.3, 0.4) is 0 Å². The number of nitrogens with zero attached hydrogens (tertiary/aromatic N) is 2. The highest BCUT2D eigenvalue weighted by Crippen LogP contribution is 2.25. The summed E-state index contributed by atoms with van der Waals surface area (Å²) in [4.78, 5) is 8.55. The van der Waals surface area contributed by atoms with E-state index in [4.69, 9.17) is 29.0 Å². The van der Waals surface area contributed by atoms with Crippen LogP contribution in [0.25, 0.3) is 11.4 Å². The highest BCUT2D eigenvalue weighted by atomic mass is 35.5. The summed E-state index contributed by atoms with van der Waals surface area (Å²) in [5, 5.41) is 1.08. The summed E-state index contributed by atoms with van der Waals surface area (Å²) in [5.74, 6) is 6.41. The third-order valence-electron chi connectivity index (χ3n) is 2.12. The van der Waals surface area contributed by atoms with Crippen LogP contribution in [0.1, 0.15) is 5.69 Å². The van der Waals surface area contributed by atoms with E-state index >= 15 is 0 Å². The van der Waals surface area contributed by atoms with Crippen molar-refractivity contribution in [1.82, 2.24) is 9.97 Å². The monoisotopic (exact) mass is 268 g/mol. The lowest BCUT2D eigenvalue weighted by molar-refractivity contribution is 1.09. The summed E-state index contributed by atoms with van der Waals surface area (Å²) in [6.45, 7) is 1.86. The summed E-state index contributed by atoms with van der Waals surface area (Å²) < 4.78 is 0. The molecule has 4 nitrogen and oxygen atoms in total. The van der Waals surface area contributed by atoms with Gasteiger partial charge in [0, 0.05) is 27.4 Å². The van der Waals surface area contributed by atoms with Crippen molar-refractivity contribution in [2.24, 2.45) is 5.84 Å². The molecule has 0 aliphatic carbocycles. The zero-order valence-electron chi connectivity index (χ0n) is 9.04. The van der Waals surface area contributed by atoms with Gasteiger partial charge in [-0.2, -0.15) is 0 Å². The van der Waals surface area contributed by atoms with E-state index in [0.29, 0.717) is 21.7 Å². The SMILES string of the molecule is Cc1cc(NN)nc(-c2cc(Cl)cc(Cl)c2)n1. The van der Waals surface area contributed by atoms with Gasteiger partial charge in [0.1, 0.15) is 5.82 Å². The number of nitrogen functional groups attached to an aromatic ring is 1. The van der Waals surface area contributed by atoms with Gasteiger partial charge in [-0.25, -0.2) is 15.8 Å². The molecular formula is C11H10Cl2N4. The van der Waals surface area contributed by atoms with Gasteiger partial charge in [0.25, 0.3) is 0 Å². The molecule has 0 amide bonds. The topological polar surface area (TPSA) is 63.8 Å². The first-order chi connectivity index (χ1) is 8.08. The number of hydrazine groups is 1. The number of halogens is 2. The number of anilines is 1. The second-order valence-corrected chi connectivity index (χ2v) is 4.39. The van der Waals surface area contributed by atoms with Crippen LogP contribution >= 0.6 is 23.2 Å². The van der Waals surface area contributed by atoms with Crippen molar-refractivity contribution < 1.29 is 0 Å². The minimum atomic E-state index is 0.530. The van der Waals surface area contributed by atoms with E-state index in [9.17, 15) is 0 Å². The molecule has 6 heteroatoms. The molecule has 17 heavy (non-hydrogen) atoms. The molecule has 0 atom stereocenters. The number of hydrogen-bond donors (Lipinski definition) is 2. The third-order valence-corrected chi connectivity index (χ3v) is 2.56. The number of hydrogen-bond acceptors (Lipinski definition) is 4. The molecule has 1 aromatic carbocycles. The van der Waals surface area contributed by atoms with E-state index in [1.165, 1.54) is 0 Å². The Labute approximate surface area is 109 Å². The van der Waals surface area contributed by atoms with Crippen molar-refractivity contribution in [3.8, 4) is 11.4 Å². The highest BCUT2D eigenvalue weighted by Gasteiger charge is 2.06. The quantitative estimate of drug-likeness (QED) is 0.649. The van der Waals surface area contributed by atoms with Crippen molar-refractivity contribution in [1.29, 1.82) is 0 Å². The van der Waals surface area contributed by atoms with Gasteiger partial charge in [-0.05, 0) is 25.1 Å². The molecule has 0 aliphatic heterocycles. The van der Waals surface area contributed by atoms with E-state index in [1.54, 1.807) is 24.3 Å². The van der Waals surface area contributed by atoms with E-state index in [0.717, 1.165) is 11.3 Å². The molecule has 0 spiro atoms. The molecule has 0 aliphatic rings. The fraction of sp³-hybridized carbons (Fsp3) is 0.0909. The van der Waals surface area contributed by atoms with Crippen LogP contribution in [-0.4, -0.2) is 9.97 Å². The lowest BCUT2D eigenvalue weighted by atomic mass is 10.2. The first-order valence-electron chi connectivity index (χ1n) is 4.87. The molecule has 0 radical (unpaired) electrons. The molecule has 2 aromatic rings. The lowest BCUT2D eigenvalue weighted by Crippen LogP contribution is -2.09. The smallest absolute Gasteiger partial charge is 0.161 e. The summed E-state index contributed by atoms with van der Waals surface area (Å²) in [5.41, 5.74) is 4.05. The lowest BCUT2D eigenvalue weighted by Gasteiger charge is -2.06. The maximum absolute atomic E-state index is 5.93. The van der Waals surface area contributed by atoms with Crippen LogP contribution in [0.15, 0.2) is 24.3 Å². The van der Waals surface area contributed by atoms with Crippen molar-refractivity contribution >= 4 is 29.0 Å². The van der Waals surface area contributed by atoms with E-state index < -0.39 is 0 Å². The van der Waals surface area contributed by atoms with Gasteiger partial charge in [-0.15, -0.1) is 0 Å². The Morgan fingerprint density at radius 3 is 2.29 bits per heavy atom. The summed E-state index contributed by atoms with van der Waals surface area (Å²) in [6.07, 6.45) is 0. The molecule has 0 fully saturated rings. The van der Waals surface area contributed by atoms with Crippen LogP contribution in [0.4, 0.5) is 5.82 Å². The molecule has 1 aromatic heterocycles. The summed E-state index contributed by atoms with van der Waals surface area (Å²) in [6, 6.07) is 6.91. The standard InChI is InChI=1S/C11H10Cl2N4/c1-6-2-10(17-14)16-11(15-6)7-3-8(12)5-9(13)4-7/h2-5H,14H2,1H3,(H,15,16,17). The van der Waals surface area contributed by atoms with E-state index in [-0.39, 0.29) is 0 Å². The van der Waals surface area contributed by atoms with Gasteiger partial charge in [0.15, 0.2) is 5.82 Å². The predicted octanol–water partition coefficient (Wildman–Crippen LogP) is 3.04. The maximum Gasteiger partial charge on any atom is 0.161 e. The van der Waals surface area contributed by atoms with E-state index in [2.05, 4.69) is 15.4 Å². The molecule has 88 valence electrons. The zero-order valence-corrected chi connectivity index (χ0v) is 10.5. The predicted molar refractivity (Wildman–Crippen MR) is 70.0 cm³/mol. The maximum atomic E-state index is 5.93. The zero-order chi connectivity index (χ0) is 12.4. The van der Waals surface area contributed by atoms with Crippen LogP contribution in [0, 0.1) is 6.92 Å². The Morgan fingerprint density at radius 2 is 1.71 bits per heavy atom. The second-order valence-electron chi connectivity index (χ2n) is 3.52. The number of nitrogens with two attached hydrogens (primary N) is 1. The highest BCUT2D eigenvalue weighted by molar-refractivity contribution is 6.35. The number of aryl methyl sites for hydroxylation is 1. The third kappa shape index (κ3) is 2.85. The van der Waals surface area contributed by atoms with Crippen molar-refractivity contribution in [3.05, 3.63) is 40.0 Å². The van der Waals surface area contributed by atoms with Crippen LogP contribution in [0.5, 0.6) is 0 Å². The first kappa shape index (κ1) is 12.1. The molecule has 0 unspecified atom stereocenters. The Kier molecular flexibility index (Phi) is 3.47. The molecule has 0 saturated heterocycles. The summed E-state index contributed by atoms with van der Waals surface area (Å²) >= 11 is 11.9. The Morgan fingerprint density at radius 1 is 1.06 bits per heavy atom. The second kappa shape index (κ2) is 4.87. The molecular weight excluding hydrogens is 259 g/mol. The van der Waals surface area contributed by atoms with Gasteiger partial charge in [0.05, 0.1) is 0 Å². The summed E-state index contributed by atoms with van der Waals surface area (Å²) in [7, 11) is 0. The fourth-order valence-corrected chi connectivity index (χ4v) is 1.98. The van der Waals surface area contributed by atoms with Gasteiger partial charge < -0.3 is 5.43 Å². The van der Waals surface area contributed by atoms with Crippen LogP contribution in [-0.2, 0) is 0 Å². The number of nitrogens with one attached hydrogen (secondary N) is 1. The Bertz CT molecular complexity index is 537. The average molecular weight is 269 g/mol. The number of aromatic nitrogens is 2. The minimum Gasteiger partial charge on any atom is -0.308 e. The number of benzene rings is 1. The van der Waals surface area contributed by atoms with Crippen molar-refractivity contribution in [3.63, 3.8) is 0 Å².